The first kappa shape index (κ1) is 31.7. The molecule has 4 atom stereocenters. The molecule has 3 aliphatic rings. The second-order valence-corrected chi connectivity index (χ2v) is 12.7. The van der Waals surface area contributed by atoms with Crippen LogP contribution in [0.2, 0.25) is 0 Å². The first-order chi connectivity index (χ1) is 19.8. The number of amides is 2. The molecule has 2 saturated heterocycles. The van der Waals surface area contributed by atoms with Crippen molar-refractivity contribution >= 4 is 23.9 Å². The zero-order valence-corrected chi connectivity index (χ0v) is 26.0. The molecule has 11 heteroatoms. The molecule has 0 aromatic heterocycles. The lowest BCUT2D eigenvalue weighted by Gasteiger charge is -2.34. The monoisotopic (exact) mass is 581 g/mol. The fraction of sp³-hybridized carbons (Fsp3) is 0.581. The number of ether oxygens (including phenoxy) is 3. The Morgan fingerprint density at radius 3 is 2.55 bits per heavy atom. The van der Waals surface area contributed by atoms with Gasteiger partial charge in [0.25, 0.3) is 0 Å². The molecule has 0 unspecified atom stereocenters. The smallest absolute Gasteiger partial charge is 0.319 e. The van der Waals surface area contributed by atoms with Gasteiger partial charge in [0, 0.05) is 31.4 Å². The molecule has 0 bridgehead atoms. The number of allylic oxidation sites excluding steroid dienone is 2. The summed E-state index contributed by atoms with van der Waals surface area (Å²) in [5.74, 6) is -0.432. The number of rotatable bonds is 10. The van der Waals surface area contributed by atoms with Crippen molar-refractivity contribution < 1.29 is 19.0 Å². The lowest BCUT2D eigenvalue weighted by molar-refractivity contribution is -0.204. The van der Waals surface area contributed by atoms with Gasteiger partial charge >= 0.3 is 6.03 Å². The lowest BCUT2D eigenvalue weighted by Crippen LogP contribution is -2.45. The standard InChI is InChI=1S/C31H47N7O4/c1-9-11-23-27(32)34-19-35-38(23)28-26-25(41-31(7,8)42-26)24(40-28)18-37(20(2)3)17-10-16-33-29(39)36-22-14-12-21(13-15-22)30(4,5)6/h9,11-15,19-20,24-26,28H,1,10,16-18H2,2-8H3,(H2,32,34,35)(H2,33,36,39)/b23-11-/t24-,25-,26-,28-/m1/s1. The summed E-state index contributed by atoms with van der Waals surface area (Å²) >= 11 is 0. The Bertz CT molecular complexity index is 1200. The number of amidine groups is 1. The van der Waals surface area contributed by atoms with Crippen LogP contribution in [0.25, 0.3) is 0 Å². The van der Waals surface area contributed by atoms with Gasteiger partial charge in [0.15, 0.2) is 17.9 Å². The van der Waals surface area contributed by atoms with Crippen LogP contribution < -0.4 is 16.4 Å². The molecule has 0 saturated carbocycles. The summed E-state index contributed by atoms with van der Waals surface area (Å²) in [4.78, 5) is 18.9. The van der Waals surface area contributed by atoms with Crippen LogP contribution in [0.3, 0.4) is 0 Å². The summed E-state index contributed by atoms with van der Waals surface area (Å²) in [6, 6.07) is 8.01. The number of nitrogens with one attached hydrogen (secondary N) is 2. The molecule has 1 aromatic carbocycles. The van der Waals surface area contributed by atoms with Crippen LogP contribution in [0.5, 0.6) is 0 Å². The van der Waals surface area contributed by atoms with E-state index in [1.807, 2.05) is 38.1 Å². The predicted octanol–water partition coefficient (Wildman–Crippen LogP) is 4.14. The number of nitrogens with two attached hydrogens (primary N) is 1. The van der Waals surface area contributed by atoms with Gasteiger partial charge in [0.1, 0.15) is 30.3 Å². The van der Waals surface area contributed by atoms with E-state index in [1.165, 1.54) is 11.9 Å². The minimum atomic E-state index is -0.760. The zero-order valence-electron chi connectivity index (χ0n) is 26.0. The highest BCUT2D eigenvalue weighted by Crippen LogP contribution is 2.41. The minimum absolute atomic E-state index is 0.0668. The molecule has 0 spiro atoms. The fourth-order valence-corrected chi connectivity index (χ4v) is 5.37. The summed E-state index contributed by atoms with van der Waals surface area (Å²) in [6.45, 7) is 20.3. The van der Waals surface area contributed by atoms with Crippen molar-refractivity contribution in [1.29, 1.82) is 0 Å². The second kappa shape index (κ2) is 12.9. The molecular weight excluding hydrogens is 534 g/mol. The van der Waals surface area contributed by atoms with Crippen molar-refractivity contribution in [1.82, 2.24) is 15.2 Å². The van der Waals surface area contributed by atoms with E-state index in [4.69, 9.17) is 19.9 Å². The first-order valence-corrected chi connectivity index (χ1v) is 14.7. The number of nitrogens with zero attached hydrogens (tertiary/aromatic N) is 4. The van der Waals surface area contributed by atoms with E-state index in [0.29, 0.717) is 24.6 Å². The third-order valence-electron chi connectivity index (χ3n) is 7.59. The highest BCUT2D eigenvalue weighted by Gasteiger charge is 2.57. The van der Waals surface area contributed by atoms with Crippen LogP contribution in [-0.2, 0) is 19.6 Å². The zero-order chi connectivity index (χ0) is 30.7. The number of anilines is 1. The molecule has 2 amide bonds. The SMILES string of the molecule is C=C/C=C1/C(N)=NC=NN1[C@@H]1O[C@H](CN(CCCNC(=O)Nc2ccc(C(C)(C)C)cc2)C(C)C)[C@H]2OC(C)(C)O[C@H]21. The quantitative estimate of drug-likeness (QED) is 0.355. The number of benzene rings is 1. The van der Waals surface area contributed by atoms with Gasteiger partial charge in [-0.1, -0.05) is 45.6 Å². The minimum Gasteiger partial charge on any atom is -0.382 e. The van der Waals surface area contributed by atoms with Gasteiger partial charge in [0.2, 0.25) is 0 Å². The summed E-state index contributed by atoms with van der Waals surface area (Å²) in [5.41, 5.74) is 8.81. The molecule has 11 nitrogen and oxygen atoms in total. The van der Waals surface area contributed by atoms with E-state index in [1.54, 1.807) is 17.2 Å². The Labute approximate surface area is 249 Å². The van der Waals surface area contributed by atoms with Crippen LogP contribution in [0, 0.1) is 0 Å². The van der Waals surface area contributed by atoms with Crippen LogP contribution in [-0.4, -0.2) is 84.1 Å². The molecule has 42 heavy (non-hydrogen) atoms. The van der Waals surface area contributed by atoms with E-state index < -0.39 is 12.0 Å². The summed E-state index contributed by atoms with van der Waals surface area (Å²) in [6.07, 6.45) is 4.10. The maximum absolute atomic E-state index is 12.5. The Balaban J connectivity index is 1.33. The number of urea groups is 1. The first-order valence-electron chi connectivity index (χ1n) is 14.7. The highest BCUT2D eigenvalue weighted by molar-refractivity contribution is 6.01. The van der Waals surface area contributed by atoms with Gasteiger partial charge < -0.3 is 30.6 Å². The van der Waals surface area contributed by atoms with Gasteiger partial charge in [-0.2, -0.15) is 5.10 Å². The van der Waals surface area contributed by atoms with Crippen molar-refractivity contribution in [2.75, 3.05) is 25.0 Å². The van der Waals surface area contributed by atoms with Gasteiger partial charge in [0.05, 0.1) is 0 Å². The average Bonchev–Trinajstić information content (AvgIpc) is 3.39. The molecule has 3 aliphatic heterocycles. The van der Waals surface area contributed by atoms with Gasteiger partial charge in [-0.05, 0) is 63.3 Å². The normalized spacial score (nSPS) is 26.1. The van der Waals surface area contributed by atoms with Gasteiger partial charge in [-0.15, -0.1) is 0 Å². The van der Waals surface area contributed by atoms with Crippen LogP contribution >= 0.6 is 0 Å². The van der Waals surface area contributed by atoms with E-state index in [-0.39, 0.29) is 35.8 Å². The molecule has 2 fully saturated rings. The lowest BCUT2D eigenvalue weighted by atomic mass is 9.87. The second-order valence-electron chi connectivity index (χ2n) is 12.7. The Morgan fingerprint density at radius 2 is 1.90 bits per heavy atom. The predicted molar refractivity (Wildman–Crippen MR) is 166 cm³/mol. The summed E-state index contributed by atoms with van der Waals surface area (Å²) < 4.78 is 19.2. The number of carbonyl (C=O) groups is 1. The van der Waals surface area contributed by atoms with E-state index >= 15 is 0 Å². The molecule has 1 aromatic rings. The maximum atomic E-state index is 12.5. The largest absolute Gasteiger partial charge is 0.382 e. The third kappa shape index (κ3) is 7.57. The topological polar surface area (TPSA) is 126 Å². The summed E-state index contributed by atoms with van der Waals surface area (Å²) in [5, 5.41) is 12.0. The molecule has 0 radical (unpaired) electrons. The van der Waals surface area contributed by atoms with Gasteiger partial charge in [-0.3, -0.25) is 4.90 Å². The van der Waals surface area contributed by atoms with Crippen molar-refractivity contribution in [3.8, 4) is 0 Å². The molecule has 230 valence electrons. The Kier molecular flexibility index (Phi) is 9.77. The average molecular weight is 582 g/mol. The number of hydrogen-bond acceptors (Lipinski definition) is 9. The number of carbonyl (C=O) groups excluding carboxylic acids is 1. The number of fused-ring (bicyclic) bond motifs is 1. The molecule has 4 N–H and O–H groups in total. The van der Waals surface area contributed by atoms with Crippen LogP contribution in [0.1, 0.15) is 60.5 Å². The maximum Gasteiger partial charge on any atom is 0.319 e. The molecule has 4 rings (SSSR count). The Hall–Kier alpha value is -3.25. The molecular formula is C31H47N7O4. The van der Waals surface area contributed by atoms with E-state index in [0.717, 1.165) is 18.7 Å². The molecule has 3 heterocycles. The van der Waals surface area contributed by atoms with Crippen molar-refractivity contribution in [3.05, 3.63) is 54.3 Å². The number of aliphatic imine (C=N–C) groups is 1. The third-order valence-corrected chi connectivity index (χ3v) is 7.59. The van der Waals surface area contributed by atoms with Crippen LogP contribution in [0.15, 0.2) is 58.8 Å². The molecule has 0 aliphatic carbocycles. The summed E-state index contributed by atoms with van der Waals surface area (Å²) in [7, 11) is 0. The number of hydrazone groups is 1. The highest BCUT2D eigenvalue weighted by atomic mass is 16.8. The van der Waals surface area contributed by atoms with Crippen molar-refractivity contribution in [3.63, 3.8) is 0 Å². The van der Waals surface area contributed by atoms with E-state index in [2.05, 4.69) is 66.8 Å². The number of hydrogen-bond donors (Lipinski definition) is 3. The van der Waals surface area contributed by atoms with Crippen LogP contribution in [0.4, 0.5) is 10.5 Å². The van der Waals surface area contributed by atoms with Crippen molar-refractivity contribution in [2.45, 2.75) is 96.7 Å². The fourth-order valence-electron chi connectivity index (χ4n) is 5.37. The van der Waals surface area contributed by atoms with E-state index in [9.17, 15) is 4.79 Å². The Morgan fingerprint density at radius 1 is 1.21 bits per heavy atom. The van der Waals surface area contributed by atoms with Crippen molar-refractivity contribution in [2.24, 2.45) is 15.8 Å². The van der Waals surface area contributed by atoms with Gasteiger partial charge in [-0.25, -0.2) is 14.8 Å².